The molecule has 0 bridgehead atoms. The lowest BCUT2D eigenvalue weighted by Gasteiger charge is -2.10. The molecule has 1 heterocycles. The Morgan fingerprint density at radius 1 is 1.55 bits per heavy atom. The molecular weight excluding hydrogens is 282 g/mol. The Morgan fingerprint density at radius 3 is 2.85 bits per heavy atom. The molecule has 1 amide bonds. The first-order chi connectivity index (χ1) is 9.46. The number of aromatic amines is 1. The summed E-state index contributed by atoms with van der Waals surface area (Å²) in [6.07, 6.45) is -0.0798. The first-order valence-electron chi connectivity index (χ1n) is 6.07. The Labute approximate surface area is 120 Å². The molecule has 7 nitrogen and oxygen atoms in total. The standard InChI is InChI=1S/C12H17N3O4S/c1-4-13-11(18)7(2)20-12-14-8(5-9(16)15-12)6-10(17)19-3/h5,7H,4,6H2,1-3H3,(H,13,18)(H,14,15,16)/t7-/m0/s1. The number of hydrogen-bond donors (Lipinski definition) is 2. The van der Waals surface area contributed by atoms with Gasteiger partial charge in [-0.1, -0.05) is 11.8 Å². The number of carbonyl (C=O) groups is 2. The molecule has 0 saturated carbocycles. The Bertz CT molecular complexity index is 544. The second-order valence-electron chi connectivity index (χ2n) is 3.95. The van der Waals surface area contributed by atoms with Crippen molar-refractivity contribution in [2.75, 3.05) is 13.7 Å². The van der Waals surface area contributed by atoms with Gasteiger partial charge < -0.3 is 15.0 Å². The quantitative estimate of drug-likeness (QED) is 0.439. The van der Waals surface area contributed by atoms with E-state index in [2.05, 4.69) is 20.0 Å². The van der Waals surface area contributed by atoms with E-state index in [-0.39, 0.29) is 17.9 Å². The molecule has 0 unspecified atom stereocenters. The number of nitrogens with zero attached hydrogens (tertiary/aromatic N) is 1. The molecule has 1 aromatic rings. The van der Waals surface area contributed by atoms with Crippen LogP contribution < -0.4 is 10.9 Å². The van der Waals surface area contributed by atoms with Crippen LogP contribution in [0.2, 0.25) is 0 Å². The zero-order valence-corrected chi connectivity index (χ0v) is 12.4. The Hall–Kier alpha value is -1.83. The van der Waals surface area contributed by atoms with Crippen molar-refractivity contribution < 1.29 is 14.3 Å². The molecule has 0 radical (unpaired) electrons. The summed E-state index contributed by atoms with van der Waals surface area (Å²) in [7, 11) is 1.27. The van der Waals surface area contributed by atoms with E-state index in [0.717, 1.165) is 11.8 Å². The molecule has 110 valence electrons. The molecule has 1 aromatic heterocycles. The molecule has 1 atom stereocenters. The maximum atomic E-state index is 11.6. The van der Waals surface area contributed by atoms with Crippen molar-refractivity contribution in [3.05, 3.63) is 22.1 Å². The van der Waals surface area contributed by atoms with Crippen molar-refractivity contribution in [3.8, 4) is 0 Å². The number of thioether (sulfide) groups is 1. The molecule has 0 spiro atoms. The summed E-state index contributed by atoms with van der Waals surface area (Å²) in [5.41, 5.74) is -0.0595. The lowest BCUT2D eigenvalue weighted by atomic mass is 10.3. The molecule has 0 fully saturated rings. The zero-order chi connectivity index (χ0) is 15.1. The van der Waals surface area contributed by atoms with Gasteiger partial charge in [0.2, 0.25) is 5.91 Å². The van der Waals surface area contributed by atoms with E-state index in [4.69, 9.17) is 0 Å². The number of rotatable bonds is 6. The highest BCUT2D eigenvalue weighted by molar-refractivity contribution is 8.00. The summed E-state index contributed by atoms with van der Waals surface area (Å²) in [5.74, 6) is -0.616. The van der Waals surface area contributed by atoms with Crippen LogP contribution in [-0.2, 0) is 20.7 Å². The molecule has 8 heteroatoms. The van der Waals surface area contributed by atoms with Crippen molar-refractivity contribution in [2.24, 2.45) is 0 Å². The maximum absolute atomic E-state index is 11.6. The van der Waals surface area contributed by atoms with Gasteiger partial charge in [0, 0.05) is 12.6 Å². The van der Waals surface area contributed by atoms with Gasteiger partial charge in [0.25, 0.3) is 5.56 Å². The Kier molecular flexibility index (Phi) is 6.23. The van der Waals surface area contributed by atoms with E-state index < -0.39 is 11.2 Å². The van der Waals surface area contributed by atoms with Crippen molar-refractivity contribution in [3.63, 3.8) is 0 Å². The fourth-order valence-electron chi connectivity index (χ4n) is 1.39. The average Bonchev–Trinajstić information content (AvgIpc) is 2.38. The smallest absolute Gasteiger partial charge is 0.311 e. The predicted octanol–water partition coefficient (Wildman–Crippen LogP) is 0.102. The van der Waals surface area contributed by atoms with Crippen molar-refractivity contribution in [2.45, 2.75) is 30.7 Å². The van der Waals surface area contributed by atoms with Crippen LogP contribution in [0, 0.1) is 0 Å². The molecule has 0 aliphatic heterocycles. The van der Waals surface area contributed by atoms with Gasteiger partial charge in [-0.3, -0.25) is 14.4 Å². The van der Waals surface area contributed by atoms with E-state index in [9.17, 15) is 14.4 Å². The minimum absolute atomic E-state index is 0.0798. The summed E-state index contributed by atoms with van der Waals surface area (Å²) in [6.45, 7) is 4.07. The first-order valence-corrected chi connectivity index (χ1v) is 6.95. The SMILES string of the molecule is CCNC(=O)[C@H](C)Sc1nc(CC(=O)OC)cc(=O)[nH]1. The van der Waals surface area contributed by atoms with Gasteiger partial charge in [0.15, 0.2) is 5.16 Å². The number of nitrogens with one attached hydrogen (secondary N) is 2. The number of amides is 1. The van der Waals surface area contributed by atoms with Crippen LogP contribution in [0.4, 0.5) is 0 Å². The number of hydrogen-bond acceptors (Lipinski definition) is 6. The molecule has 0 aliphatic carbocycles. The molecule has 1 rings (SSSR count). The zero-order valence-electron chi connectivity index (χ0n) is 11.6. The van der Waals surface area contributed by atoms with Crippen molar-refractivity contribution in [1.29, 1.82) is 0 Å². The highest BCUT2D eigenvalue weighted by atomic mass is 32.2. The summed E-state index contributed by atoms with van der Waals surface area (Å²) >= 11 is 1.12. The summed E-state index contributed by atoms with van der Waals surface area (Å²) in [4.78, 5) is 40.9. The Balaban J connectivity index is 2.82. The van der Waals surface area contributed by atoms with Gasteiger partial charge in [-0.2, -0.15) is 0 Å². The predicted molar refractivity (Wildman–Crippen MR) is 74.6 cm³/mol. The van der Waals surface area contributed by atoms with E-state index >= 15 is 0 Å². The third-order valence-corrected chi connectivity index (χ3v) is 3.32. The number of carbonyl (C=O) groups excluding carboxylic acids is 2. The summed E-state index contributed by atoms with van der Waals surface area (Å²) < 4.78 is 4.52. The van der Waals surface area contributed by atoms with Crippen LogP contribution in [0.5, 0.6) is 0 Å². The molecule has 2 N–H and O–H groups in total. The minimum atomic E-state index is -0.476. The average molecular weight is 299 g/mol. The van der Waals surface area contributed by atoms with Gasteiger partial charge in [-0.05, 0) is 13.8 Å². The summed E-state index contributed by atoms with van der Waals surface area (Å²) in [6, 6.07) is 1.23. The van der Waals surface area contributed by atoms with Crippen molar-refractivity contribution in [1.82, 2.24) is 15.3 Å². The highest BCUT2D eigenvalue weighted by Crippen LogP contribution is 2.18. The fourth-order valence-corrected chi connectivity index (χ4v) is 2.24. The largest absolute Gasteiger partial charge is 0.469 e. The Morgan fingerprint density at radius 2 is 2.25 bits per heavy atom. The van der Waals surface area contributed by atoms with Gasteiger partial charge in [0.05, 0.1) is 24.5 Å². The second-order valence-corrected chi connectivity index (χ2v) is 5.28. The third-order valence-electron chi connectivity index (χ3n) is 2.33. The summed E-state index contributed by atoms with van der Waals surface area (Å²) in [5, 5.41) is 2.59. The third kappa shape index (κ3) is 5.04. The number of methoxy groups -OCH3 is 1. The van der Waals surface area contributed by atoms with Crippen molar-refractivity contribution >= 4 is 23.6 Å². The fraction of sp³-hybridized carbons (Fsp3) is 0.500. The number of H-pyrrole nitrogens is 1. The lowest BCUT2D eigenvalue weighted by molar-refractivity contribution is -0.139. The number of aromatic nitrogens is 2. The molecule has 20 heavy (non-hydrogen) atoms. The van der Waals surface area contributed by atoms with Crippen LogP contribution >= 0.6 is 11.8 Å². The van der Waals surface area contributed by atoms with E-state index in [0.29, 0.717) is 17.4 Å². The number of ether oxygens (including phenoxy) is 1. The highest BCUT2D eigenvalue weighted by Gasteiger charge is 2.16. The van der Waals surface area contributed by atoms with Crippen LogP contribution in [0.15, 0.2) is 16.0 Å². The van der Waals surface area contributed by atoms with Gasteiger partial charge >= 0.3 is 5.97 Å². The van der Waals surface area contributed by atoms with E-state index in [1.165, 1.54) is 13.2 Å². The minimum Gasteiger partial charge on any atom is -0.469 e. The maximum Gasteiger partial charge on any atom is 0.311 e. The normalized spacial score (nSPS) is 11.8. The van der Waals surface area contributed by atoms with Crippen LogP contribution in [0.1, 0.15) is 19.5 Å². The van der Waals surface area contributed by atoms with Gasteiger partial charge in [0.1, 0.15) is 0 Å². The van der Waals surface area contributed by atoms with E-state index in [1.54, 1.807) is 6.92 Å². The molecule has 0 aliphatic rings. The molecule has 0 saturated heterocycles. The topological polar surface area (TPSA) is 101 Å². The van der Waals surface area contributed by atoms with Crippen LogP contribution in [-0.4, -0.2) is 40.7 Å². The first kappa shape index (κ1) is 16.2. The van der Waals surface area contributed by atoms with Gasteiger partial charge in [-0.25, -0.2) is 4.98 Å². The number of esters is 1. The van der Waals surface area contributed by atoms with Crippen LogP contribution in [0.3, 0.4) is 0 Å². The lowest BCUT2D eigenvalue weighted by Crippen LogP contribution is -2.30. The second kappa shape index (κ2) is 7.68. The van der Waals surface area contributed by atoms with Gasteiger partial charge in [-0.15, -0.1) is 0 Å². The van der Waals surface area contributed by atoms with Crippen LogP contribution in [0.25, 0.3) is 0 Å². The van der Waals surface area contributed by atoms with E-state index in [1.807, 2.05) is 6.92 Å². The molecular formula is C12H17N3O4S. The monoisotopic (exact) mass is 299 g/mol. The molecule has 0 aromatic carbocycles.